The van der Waals surface area contributed by atoms with E-state index in [0.717, 1.165) is 34.2 Å². The molecule has 1 unspecified atom stereocenters. The normalized spacial score (nSPS) is 22.9. The third kappa shape index (κ3) is 4.36. The largest absolute Gasteiger partial charge is 0.453 e. The van der Waals surface area contributed by atoms with Crippen LogP contribution < -0.4 is 0 Å². The minimum Gasteiger partial charge on any atom is -0.453 e. The predicted molar refractivity (Wildman–Crippen MR) is 143 cm³/mol. The van der Waals surface area contributed by atoms with Crippen LogP contribution in [-0.4, -0.2) is 82.9 Å². The molecule has 2 fully saturated rings. The number of hydrogen-bond donors (Lipinski definition) is 0. The Bertz CT molecular complexity index is 1370. The van der Waals surface area contributed by atoms with Gasteiger partial charge in [0.15, 0.2) is 5.54 Å². The van der Waals surface area contributed by atoms with E-state index in [1.54, 1.807) is 9.58 Å². The van der Waals surface area contributed by atoms with Crippen molar-refractivity contribution in [3.63, 3.8) is 0 Å². The Morgan fingerprint density at radius 3 is 2.29 bits per heavy atom. The van der Waals surface area contributed by atoms with E-state index in [-0.39, 0.29) is 17.9 Å². The first-order valence-electron chi connectivity index (χ1n) is 13.0. The van der Waals surface area contributed by atoms with Crippen LogP contribution in [0.5, 0.6) is 0 Å². The van der Waals surface area contributed by atoms with Gasteiger partial charge in [-0.3, -0.25) is 14.4 Å². The molecule has 0 saturated carbocycles. The molecule has 3 aliphatic rings. The van der Waals surface area contributed by atoms with Crippen LogP contribution in [0.1, 0.15) is 18.4 Å². The highest BCUT2D eigenvalue weighted by molar-refractivity contribution is 6.15. The number of methoxy groups -OCH3 is 1. The van der Waals surface area contributed by atoms with Gasteiger partial charge in [0.1, 0.15) is 5.84 Å². The van der Waals surface area contributed by atoms with Crippen molar-refractivity contribution in [2.45, 2.75) is 18.4 Å². The van der Waals surface area contributed by atoms with Crippen LogP contribution in [0, 0.1) is 5.92 Å². The second-order valence-electron chi connectivity index (χ2n) is 10.3. The summed E-state index contributed by atoms with van der Waals surface area (Å²) in [7, 11) is 3.31. The quantitative estimate of drug-likeness (QED) is 0.520. The molecule has 1 spiro atoms. The molecule has 0 bridgehead atoms. The Kier molecular flexibility index (Phi) is 6.23. The van der Waals surface area contributed by atoms with Crippen molar-refractivity contribution in [3.8, 4) is 22.3 Å². The molecule has 2 saturated heterocycles. The molecule has 9 heteroatoms. The second-order valence-corrected chi connectivity index (χ2v) is 10.3. The van der Waals surface area contributed by atoms with Gasteiger partial charge >= 0.3 is 6.09 Å². The molecule has 0 aliphatic carbocycles. The molecule has 6 rings (SSSR count). The van der Waals surface area contributed by atoms with Gasteiger partial charge in [0, 0.05) is 57.0 Å². The molecule has 9 nitrogen and oxygen atoms in total. The van der Waals surface area contributed by atoms with Crippen molar-refractivity contribution in [3.05, 3.63) is 66.5 Å². The van der Waals surface area contributed by atoms with Crippen molar-refractivity contribution >= 4 is 17.8 Å². The minimum atomic E-state index is -0.837. The first-order valence-corrected chi connectivity index (χ1v) is 13.0. The van der Waals surface area contributed by atoms with Crippen LogP contribution in [0.3, 0.4) is 0 Å². The number of aliphatic imine (C=N–C) groups is 1. The molecule has 0 radical (unpaired) electrons. The van der Waals surface area contributed by atoms with Gasteiger partial charge in [-0.25, -0.2) is 9.79 Å². The van der Waals surface area contributed by atoms with Crippen LogP contribution in [0.25, 0.3) is 22.3 Å². The number of carbonyl (C=O) groups excluding carboxylic acids is 2. The first-order chi connectivity index (χ1) is 18.5. The first kappa shape index (κ1) is 24.4. The number of carbonyl (C=O) groups is 2. The number of ether oxygens (including phenoxy) is 2. The Labute approximate surface area is 221 Å². The molecule has 38 heavy (non-hydrogen) atoms. The molecular formula is C29H31N5O4. The lowest BCUT2D eigenvalue weighted by Crippen LogP contribution is -2.45. The molecule has 0 N–H and O–H groups in total. The Hall–Kier alpha value is -3.98. The highest BCUT2D eigenvalue weighted by Gasteiger charge is 2.51. The average molecular weight is 514 g/mol. The van der Waals surface area contributed by atoms with Gasteiger partial charge in [-0.1, -0.05) is 48.5 Å². The molecule has 2 aromatic carbocycles. The maximum absolute atomic E-state index is 13.6. The van der Waals surface area contributed by atoms with Crippen LogP contribution in [0.2, 0.25) is 0 Å². The van der Waals surface area contributed by atoms with E-state index in [9.17, 15) is 9.59 Å². The molecule has 2 amide bonds. The van der Waals surface area contributed by atoms with E-state index in [1.807, 2.05) is 36.5 Å². The lowest BCUT2D eigenvalue weighted by atomic mass is 9.98. The van der Waals surface area contributed by atoms with Crippen molar-refractivity contribution in [2.24, 2.45) is 18.0 Å². The topological polar surface area (TPSA) is 89.3 Å². The predicted octanol–water partition coefficient (Wildman–Crippen LogP) is 3.59. The van der Waals surface area contributed by atoms with Crippen molar-refractivity contribution in [2.75, 3.05) is 40.0 Å². The SMILES string of the molecule is COC(=O)N1CC[C@@H](CN2C(=O)C3(CCOC3)N=C2c2ccc(-c3ccc(-c4cnn(C)c4)cc3)cc2)C1. The number of rotatable bonds is 5. The smallest absolute Gasteiger partial charge is 0.409 e. The van der Waals surface area contributed by atoms with Crippen molar-refractivity contribution < 1.29 is 19.1 Å². The fourth-order valence-electron chi connectivity index (χ4n) is 5.63. The third-order valence-corrected chi connectivity index (χ3v) is 7.78. The summed E-state index contributed by atoms with van der Waals surface area (Å²) in [5.41, 5.74) is 4.47. The summed E-state index contributed by atoms with van der Waals surface area (Å²) < 4.78 is 12.3. The summed E-state index contributed by atoms with van der Waals surface area (Å²) in [4.78, 5) is 34.1. The summed E-state index contributed by atoms with van der Waals surface area (Å²) in [6.07, 6.45) is 4.95. The number of aryl methyl sites for hydroxylation is 1. The van der Waals surface area contributed by atoms with Gasteiger partial charge in [-0.2, -0.15) is 5.10 Å². The lowest BCUT2D eigenvalue weighted by Gasteiger charge is -2.25. The van der Waals surface area contributed by atoms with E-state index < -0.39 is 5.54 Å². The summed E-state index contributed by atoms with van der Waals surface area (Å²) in [5, 5.41) is 4.25. The fraction of sp³-hybridized carbons (Fsp3) is 0.379. The van der Waals surface area contributed by atoms with Crippen molar-refractivity contribution in [1.82, 2.24) is 19.6 Å². The number of amides is 2. The highest BCUT2D eigenvalue weighted by atomic mass is 16.5. The number of amidine groups is 1. The van der Waals surface area contributed by atoms with Gasteiger partial charge in [0.05, 0.1) is 19.9 Å². The molecule has 2 atom stereocenters. The second kappa shape index (κ2) is 9.72. The summed E-state index contributed by atoms with van der Waals surface area (Å²) in [6, 6.07) is 16.6. The summed E-state index contributed by atoms with van der Waals surface area (Å²) >= 11 is 0. The van der Waals surface area contributed by atoms with E-state index in [0.29, 0.717) is 45.1 Å². The zero-order valence-electron chi connectivity index (χ0n) is 21.7. The molecule has 1 aromatic heterocycles. The molecule has 3 aliphatic heterocycles. The third-order valence-electron chi connectivity index (χ3n) is 7.78. The molecule has 4 heterocycles. The van der Waals surface area contributed by atoms with Gasteiger partial charge in [-0.15, -0.1) is 0 Å². The standard InChI is InChI=1S/C29H31N5O4/c1-32-18-25(15-30-32)23-5-3-21(4-6-23)22-7-9-24(10-8-22)26-31-29(12-14-38-19-29)27(35)34(26)17-20-11-13-33(16-20)28(36)37-2/h3-10,15,18,20H,11-14,16-17,19H2,1-2H3/t20-,29?/m1/s1. The van der Waals surface area contributed by atoms with E-state index >= 15 is 0 Å². The van der Waals surface area contributed by atoms with Crippen LogP contribution in [-0.2, 0) is 21.3 Å². The zero-order valence-corrected chi connectivity index (χ0v) is 21.7. The molecular weight excluding hydrogens is 482 g/mol. The van der Waals surface area contributed by atoms with Gasteiger partial charge in [0.25, 0.3) is 5.91 Å². The number of benzene rings is 2. The highest BCUT2D eigenvalue weighted by Crippen LogP contribution is 2.35. The fourth-order valence-corrected chi connectivity index (χ4v) is 5.63. The van der Waals surface area contributed by atoms with E-state index in [1.165, 1.54) is 7.11 Å². The number of hydrogen-bond acceptors (Lipinski definition) is 6. The maximum Gasteiger partial charge on any atom is 0.409 e. The maximum atomic E-state index is 13.6. The van der Waals surface area contributed by atoms with Crippen molar-refractivity contribution in [1.29, 1.82) is 0 Å². The van der Waals surface area contributed by atoms with E-state index in [2.05, 4.69) is 41.5 Å². The number of nitrogens with zero attached hydrogens (tertiary/aromatic N) is 5. The van der Waals surface area contributed by atoms with Crippen LogP contribution in [0.4, 0.5) is 4.79 Å². The Morgan fingerprint density at radius 2 is 1.71 bits per heavy atom. The van der Waals surface area contributed by atoms with Gasteiger partial charge in [-0.05, 0) is 29.0 Å². The minimum absolute atomic E-state index is 0.00316. The molecule has 3 aromatic rings. The van der Waals surface area contributed by atoms with Crippen LogP contribution >= 0.6 is 0 Å². The average Bonchev–Trinajstić information content (AvgIpc) is 3.75. The summed E-state index contributed by atoms with van der Waals surface area (Å²) in [6.45, 7) is 2.57. The number of aromatic nitrogens is 2. The number of likely N-dealkylation sites (tertiary alicyclic amines) is 1. The zero-order chi connectivity index (χ0) is 26.3. The van der Waals surface area contributed by atoms with E-state index in [4.69, 9.17) is 14.5 Å². The van der Waals surface area contributed by atoms with Gasteiger partial charge in [0.2, 0.25) is 0 Å². The van der Waals surface area contributed by atoms with Crippen LogP contribution in [0.15, 0.2) is 65.9 Å². The Morgan fingerprint density at radius 1 is 1.05 bits per heavy atom. The summed E-state index contributed by atoms with van der Waals surface area (Å²) in [5.74, 6) is 0.852. The molecule has 196 valence electrons. The van der Waals surface area contributed by atoms with Gasteiger partial charge < -0.3 is 14.4 Å². The monoisotopic (exact) mass is 513 g/mol. The Balaban J connectivity index is 1.23. The lowest BCUT2D eigenvalue weighted by molar-refractivity contribution is -0.131.